The number of anilines is 1. The summed E-state index contributed by atoms with van der Waals surface area (Å²) in [6, 6.07) is 16.4. The van der Waals surface area contributed by atoms with Gasteiger partial charge in [0.25, 0.3) is 0 Å². The molecule has 0 bridgehead atoms. The van der Waals surface area contributed by atoms with E-state index in [0.29, 0.717) is 12.1 Å². The van der Waals surface area contributed by atoms with Gasteiger partial charge in [0.1, 0.15) is 0 Å². The van der Waals surface area contributed by atoms with E-state index in [9.17, 15) is 14.7 Å². The lowest BCUT2D eigenvalue weighted by Crippen LogP contribution is -2.11. The lowest BCUT2D eigenvalue weighted by molar-refractivity contribution is -0.136. The highest BCUT2D eigenvalue weighted by atomic mass is 16.4. The number of rotatable bonds is 8. The third-order valence-electron chi connectivity index (χ3n) is 5.81. The van der Waals surface area contributed by atoms with Gasteiger partial charge in [-0.2, -0.15) is 0 Å². The number of benzene rings is 3. The fourth-order valence-corrected chi connectivity index (χ4v) is 4.38. The molecule has 1 amide bonds. The van der Waals surface area contributed by atoms with Crippen molar-refractivity contribution in [2.24, 2.45) is 0 Å². The minimum absolute atomic E-state index is 0.111. The van der Waals surface area contributed by atoms with Crippen molar-refractivity contribution in [2.75, 3.05) is 5.32 Å². The number of hydrogen-bond acceptors (Lipinski definition) is 3. The topological polar surface area (TPSA) is 86.6 Å². The van der Waals surface area contributed by atoms with Crippen molar-refractivity contribution in [2.45, 2.75) is 73.3 Å². The van der Waals surface area contributed by atoms with E-state index in [2.05, 4.69) is 24.4 Å². The minimum atomic E-state index is -0.896. The van der Waals surface area contributed by atoms with Crippen LogP contribution < -0.4 is 5.32 Å². The maximum absolute atomic E-state index is 11.7. The summed E-state index contributed by atoms with van der Waals surface area (Å²) < 4.78 is 0. The van der Waals surface area contributed by atoms with Gasteiger partial charge in [0, 0.05) is 5.56 Å². The lowest BCUT2D eigenvalue weighted by Gasteiger charge is -2.25. The summed E-state index contributed by atoms with van der Waals surface area (Å²) in [5, 5.41) is 21.0. The van der Waals surface area contributed by atoms with E-state index in [1.807, 2.05) is 57.2 Å². The monoisotopic (exact) mass is 489 g/mol. The zero-order valence-corrected chi connectivity index (χ0v) is 22.5. The highest BCUT2D eigenvalue weighted by molar-refractivity contribution is 5.96. The average molecular weight is 490 g/mol. The number of aliphatic carboxylic acids is 1. The summed E-state index contributed by atoms with van der Waals surface area (Å²) >= 11 is 0. The van der Waals surface area contributed by atoms with Gasteiger partial charge in [0.05, 0.1) is 17.7 Å². The molecular formula is C31H39NO4. The number of carbonyl (C=O) groups excluding carboxylic acids is 1. The van der Waals surface area contributed by atoms with E-state index in [0.717, 1.165) is 57.3 Å². The molecule has 3 aromatic carbocycles. The summed E-state index contributed by atoms with van der Waals surface area (Å²) in [6.07, 6.45) is 2.49. The SMILES string of the molecule is CC(C)(C)O.CCCc1ccccc1-c1c(C)c(-c2ccc(C)cc2)c(CC(=O)O)c(C)c1NC=O. The summed E-state index contributed by atoms with van der Waals surface area (Å²) in [5.74, 6) is -0.896. The molecule has 3 N–H and O–H groups in total. The Labute approximate surface area is 215 Å². The number of carboxylic acids is 1. The maximum atomic E-state index is 11.7. The van der Waals surface area contributed by atoms with Crippen LogP contribution in [0.25, 0.3) is 22.3 Å². The van der Waals surface area contributed by atoms with Crippen molar-refractivity contribution in [3.05, 3.63) is 76.3 Å². The van der Waals surface area contributed by atoms with Crippen LogP contribution in [-0.2, 0) is 22.4 Å². The zero-order chi connectivity index (χ0) is 27.0. The molecule has 36 heavy (non-hydrogen) atoms. The van der Waals surface area contributed by atoms with E-state index < -0.39 is 11.6 Å². The van der Waals surface area contributed by atoms with Crippen molar-refractivity contribution in [1.82, 2.24) is 0 Å². The molecule has 0 saturated heterocycles. The molecule has 0 unspecified atom stereocenters. The molecule has 0 spiro atoms. The smallest absolute Gasteiger partial charge is 0.307 e. The van der Waals surface area contributed by atoms with Crippen LogP contribution in [0, 0.1) is 20.8 Å². The second kappa shape index (κ2) is 12.5. The van der Waals surface area contributed by atoms with Gasteiger partial charge in [-0.15, -0.1) is 0 Å². The molecular weight excluding hydrogens is 450 g/mol. The van der Waals surface area contributed by atoms with Gasteiger partial charge in [-0.25, -0.2) is 0 Å². The molecule has 0 aliphatic rings. The molecule has 192 valence electrons. The van der Waals surface area contributed by atoms with Crippen LogP contribution >= 0.6 is 0 Å². The molecule has 0 aliphatic carbocycles. The first-order valence-corrected chi connectivity index (χ1v) is 12.3. The van der Waals surface area contributed by atoms with Crippen molar-refractivity contribution >= 4 is 18.1 Å². The standard InChI is InChI=1S/C27H29NO3.C4H10O/c1-5-8-20-9-6-7-10-22(20)26-19(4)25(21-13-11-17(2)12-14-21)23(15-24(30)31)18(3)27(26)28-16-29;1-4(2,3)5/h6-7,9-14,16H,5,8,15H2,1-4H3,(H,28,29)(H,30,31);5H,1-3H3. The van der Waals surface area contributed by atoms with E-state index in [1.54, 1.807) is 20.8 Å². The third kappa shape index (κ3) is 7.53. The Kier molecular flexibility index (Phi) is 10.00. The molecule has 0 radical (unpaired) electrons. The Balaban J connectivity index is 0.000000830. The van der Waals surface area contributed by atoms with Crippen LogP contribution in [0.5, 0.6) is 0 Å². The molecule has 5 heteroatoms. The maximum Gasteiger partial charge on any atom is 0.307 e. The van der Waals surface area contributed by atoms with Gasteiger partial charge in [-0.05, 0) is 86.9 Å². The molecule has 0 saturated carbocycles. The fraction of sp³-hybridized carbons (Fsp3) is 0.355. The Morgan fingerprint density at radius 1 is 0.944 bits per heavy atom. The molecule has 3 aromatic rings. The van der Waals surface area contributed by atoms with Gasteiger partial charge in [-0.3, -0.25) is 9.59 Å². The second-order valence-electron chi connectivity index (χ2n) is 10.1. The number of aliphatic hydroxyl groups is 1. The molecule has 0 atom stereocenters. The van der Waals surface area contributed by atoms with Crippen LogP contribution in [0.3, 0.4) is 0 Å². The lowest BCUT2D eigenvalue weighted by atomic mass is 9.82. The fourth-order valence-electron chi connectivity index (χ4n) is 4.38. The number of hydrogen-bond donors (Lipinski definition) is 3. The van der Waals surface area contributed by atoms with Crippen molar-refractivity contribution in [3.63, 3.8) is 0 Å². The van der Waals surface area contributed by atoms with Crippen LogP contribution in [0.15, 0.2) is 48.5 Å². The largest absolute Gasteiger partial charge is 0.481 e. The van der Waals surface area contributed by atoms with Crippen LogP contribution in [-0.4, -0.2) is 28.2 Å². The first-order valence-electron chi connectivity index (χ1n) is 12.3. The van der Waals surface area contributed by atoms with Crippen LogP contribution in [0.4, 0.5) is 5.69 Å². The first-order chi connectivity index (χ1) is 16.9. The number of carbonyl (C=O) groups is 2. The van der Waals surface area contributed by atoms with Gasteiger partial charge < -0.3 is 15.5 Å². The Bertz CT molecular complexity index is 1200. The molecule has 3 rings (SSSR count). The second-order valence-corrected chi connectivity index (χ2v) is 10.1. The van der Waals surface area contributed by atoms with Crippen molar-refractivity contribution in [3.8, 4) is 22.3 Å². The number of nitrogens with one attached hydrogen (secondary N) is 1. The van der Waals surface area contributed by atoms with E-state index in [-0.39, 0.29) is 6.42 Å². The highest BCUT2D eigenvalue weighted by Gasteiger charge is 2.24. The van der Waals surface area contributed by atoms with Crippen molar-refractivity contribution < 1.29 is 19.8 Å². The van der Waals surface area contributed by atoms with E-state index in [4.69, 9.17) is 5.11 Å². The Morgan fingerprint density at radius 2 is 1.53 bits per heavy atom. The van der Waals surface area contributed by atoms with Gasteiger partial charge in [-0.1, -0.05) is 67.4 Å². The zero-order valence-electron chi connectivity index (χ0n) is 22.5. The number of carboxylic acid groups (broad SMARTS) is 1. The minimum Gasteiger partial charge on any atom is -0.481 e. The van der Waals surface area contributed by atoms with Gasteiger partial charge in [0.15, 0.2) is 0 Å². The normalized spacial score (nSPS) is 10.9. The predicted molar refractivity (Wildman–Crippen MR) is 149 cm³/mol. The van der Waals surface area contributed by atoms with Gasteiger partial charge in [0.2, 0.25) is 6.41 Å². The Hall–Kier alpha value is -3.44. The van der Waals surface area contributed by atoms with E-state index in [1.165, 1.54) is 5.56 Å². The Morgan fingerprint density at radius 3 is 2.06 bits per heavy atom. The van der Waals surface area contributed by atoms with Crippen LogP contribution in [0.2, 0.25) is 0 Å². The molecule has 0 aliphatic heterocycles. The molecule has 5 nitrogen and oxygen atoms in total. The molecule has 0 heterocycles. The summed E-state index contributed by atoms with van der Waals surface area (Å²) in [6.45, 7) is 13.3. The molecule has 0 aromatic heterocycles. The first kappa shape index (κ1) is 28.8. The quantitative estimate of drug-likeness (QED) is 0.301. The summed E-state index contributed by atoms with van der Waals surface area (Å²) in [5.41, 5.74) is 8.97. The van der Waals surface area contributed by atoms with Crippen molar-refractivity contribution in [1.29, 1.82) is 0 Å². The third-order valence-corrected chi connectivity index (χ3v) is 5.81. The summed E-state index contributed by atoms with van der Waals surface area (Å²) in [7, 11) is 0. The highest BCUT2D eigenvalue weighted by Crippen LogP contribution is 2.44. The van der Waals surface area contributed by atoms with Crippen LogP contribution in [0.1, 0.15) is 61.9 Å². The average Bonchev–Trinajstić information content (AvgIpc) is 2.78. The van der Waals surface area contributed by atoms with Gasteiger partial charge >= 0.3 is 5.97 Å². The molecule has 0 fully saturated rings. The predicted octanol–water partition coefficient (Wildman–Crippen LogP) is 6.87. The summed E-state index contributed by atoms with van der Waals surface area (Å²) in [4.78, 5) is 23.3. The number of amides is 1. The number of aryl methyl sites for hydroxylation is 2. The van der Waals surface area contributed by atoms with E-state index >= 15 is 0 Å².